The van der Waals surface area contributed by atoms with E-state index in [-0.39, 0.29) is 6.10 Å². The molecule has 0 spiro atoms. The molecule has 1 saturated heterocycles. The third-order valence-corrected chi connectivity index (χ3v) is 4.60. The Morgan fingerprint density at radius 1 is 1.69 bits per heavy atom. The number of thioether (sulfide) groups is 1. The molecule has 0 aromatic carbocycles. The molecular formula is C12H20N2OS. The van der Waals surface area contributed by atoms with Crippen LogP contribution in [0, 0.1) is 6.92 Å². The normalized spacial score (nSPS) is 22.6. The van der Waals surface area contributed by atoms with Crippen LogP contribution in [0.25, 0.3) is 0 Å². The molecule has 2 rings (SSSR count). The van der Waals surface area contributed by atoms with Gasteiger partial charge in [0.2, 0.25) is 0 Å². The van der Waals surface area contributed by atoms with Gasteiger partial charge in [-0.2, -0.15) is 16.9 Å². The number of aromatic nitrogens is 2. The average Bonchev–Trinajstić information content (AvgIpc) is 2.87. The summed E-state index contributed by atoms with van der Waals surface area (Å²) in [5.41, 5.74) is 2.21. The number of rotatable bonds is 4. The van der Waals surface area contributed by atoms with Crippen LogP contribution in [0.4, 0.5) is 0 Å². The number of hydrogen-bond donors (Lipinski definition) is 1. The lowest BCUT2D eigenvalue weighted by atomic mass is 10.1. The van der Waals surface area contributed by atoms with Crippen molar-refractivity contribution >= 4 is 11.8 Å². The van der Waals surface area contributed by atoms with Crippen LogP contribution in [0.3, 0.4) is 0 Å². The molecule has 1 aliphatic heterocycles. The maximum atomic E-state index is 10.2. The van der Waals surface area contributed by atoms with E-state index < -0.39 is 0 Å². The summed E-state index contributed by atoms with van der Waals surface area (Å²) < 4.78 is 2.00. The molecule has 1 fully saturated rings. The summed E-state index contributed by atoms with van der Waals surface area (Å²) in [4.78, 5) is 0. The van der Waals surface area contributed by atoms with Crippen molar-refractivity contribution < 1.29 is 5.11 Å². The predicted molar refractivity (Wildman–Crippen MR) is 67.8 cm³/mol. The highest BCUT2D eigenvalue weighted by molar-refractivity contribution is 8.00. The van der Waals surface area contributed by atoms with Crippen molar-refractivity contribution in [2.75, 3.05) is 5.75 Å². The number of aliphatic hydroxyl groups excluding tert-OH is 1. The second-order valence-corrected chi connectivity index (χ2v) is 5.76. The van der Waals surface area contributed by atoms with Crippen LogP contribution < -0.4 is 0 Å². The number of aliphatic hydroxyl groups is 1. The first-order chi connectivity index (χ1) is 7.70. The van der Waals surface area contributed by atoms with E-state index >= 15 is 0 Å². The first-order valence-corrected chi connectivity index (χ1v) is 7.08. The van der Waals surface area contributed by atoms with E-state index in [0.29, 0.717) is 5.25 Å². The van der Waals surface area contributed by atoms with Gasteiger partial charge >= 0.3 is 0 Å². The van der Waals surface area contributed by atoms with E-state index in [2.05, 4.69) is 18.1 Å². The Balaban J connectivity index is 2.01. The Labute approximate surface area is 101 Å². The summed E-state index contributed by atoms with van der Waals surface area (Å²) in [6, 6.07) is 2.09. The van der Waals surface area contributed by atoms with Crippen molar-refractivity contribution in [3.8, 4) is 0 Å². The van der Waals surface area contributed by atoms with E-state index in [0.717, 1.165) is 25.1 Å². The molecule has 4 heteroatoms. The summed E-state index contributed by atoms with van der Waals surface area (Å²) in [7, 11) is 0. The van der Waals surface area contributed by atoms with Gasteiger partial charge in [-0.25, -0.2) is 0 Å². The Morgan fingerprint density at radius 2 is 2.50 bits per heavy atom. The minimum absolute atomic E-state index is 0.214. The monoisotopic (exact) mass is 240 g/mol. The molecule has 1 aromatic rings. The second-order valence-electron chi connectivity index (χ2n) is 4.42. The minimum Gasteiger partial charge on any atom is -0.392 e. The average molecular weight is 240 g/mol. The van der Waals surface area contributed by atoms with Gasteiger partial charge in [-0.3, -0.25) is 4.68 Å². The summed E-state index contributed by atoms with van der Waals surface area (Å²) in [6.07, 6.45) is 2.93. The molecule has 1 N–H and O–H groups in total. The molecule has 90 valence electrons. The van der Waals surface area contributed by atoms with Crippen LogP contribution in [-0.4, -0.2) is 32.0 Å². The van der Waals surface area contributed by atoms with Crippen LogP contribution in [0.5, 0.6) is 0 Å². The fourth-order valence-corrected chi connectivity index (χ4v) is 3.58. The zero-order chi connectivity index (χ0) is 11.5. The Bertz CT molecular complexity index is 345. The van der Waals surface area contributed by atoms with Gasteiger partial charge in [-0.1, -0.05) is 0 Å². The first-order valence-electron chi connectivity index (χ1n) is 6.03. The maximum Gasteiger partial charge on any atom is 0.0713 e. The van der Waals surface area contributed by atoms with E-state index in [4.69, 9.17) is 0 Å². The Hall–Kier alpha value is -0.480. The van der Waals surface area contributed by atoms with Crippen molar-refractivity contribution in [1.29, 1.82) is 0 Å². The second kappa shape index (κ2) is 5.23. The van der Waals surface area contributed by atoms with Crippen molar-refractivity contribution in [1.82, 2.24) is 9.78 Å². The zero-order valence-electron chi connectivity index (χ0n) is 10.0. The lowest BCUT2D eigenvalue weighted by Crippen LogP contribution is -2.24. The van der Waals surface area contributed by atoms with Gasteiger partial charge in [0, 0.05) is 23.9 Å². The highest BCUT2D eigenvalue weighted by atomic mass is 32.2. The van der Waals surface area contributed by atoms with E-state index in [1.165, 1.54) is 17.9 Å². The van der Waals surface area contributed by atoms with Crippen LogP contribution in [0.1, 0.15) is 31.2 Å². The summed E-state index contributed by atoms with van der Waals surface area (Å²) >= 11 is 1.91. The van der Waals surface area contributed by atoms with Crippen molar-refractivity contribution in [2.24, 2.45) is 0 Å². The molecule has 0 amide bonds. The lowest BCUT2D eigenvalue weighted by molar-refractivity contribution is 0.167. The van der Waals surface area contributed by atoms with E-state index in [1.807, 2.05) is 23.4 Å². The fourth-order valence-electron chi connectivity index (χ4n) is 2.29. The molecule has 0 saturated carbocycles. The predicted octanol–water partition coefficient (Wildman–Crippen LogP) is 2.01. The molecule has 2 unspecified atom stereocenters. The highest BCUT2D eigenvalue weighted by Crippen LogP contribution is 2.30. The Morgan fingerprint density at radius 3 is 3.12 bits per heavy atom. The number of hydrogen-bond acceptors (Lipinski definition) is 3. The molecule has 2 heterocycles. The third-order valence-electron chi connectivity index (χ3n) is 3.10. The van der Waals surface area contributed by atoms with Crippen molar-refractivity contribution in [2.45, 2.75) is 51.0 Å². The molecule has 0 radical (unpaired) electrons. The van der Waals surface area contributed by atoms with Gasteiger partial charge < -0.3 is 5.11 Å². The molecular weight excluding hydrogens is 220 g/mol. The third kappa shape index (κ3) is 2.61. The van der Waals surface area contributed by atoms with E-state index in [9.17, 15) is 5.11 Å². The van der Waals surface area contributed by atoms with Crippen LogP contribution in [0.15, 0.2) is 6.07 Å². The van der Waals surface area contributed by atoms with Crippen molar-refractivity contribution in [3.63, 3.8) is 0 Å². The van der Waals surface area contributed by atoms with Gasteiger partial charge in [0.1, 0.15) is 0 Å². The Kier molecular flexibility index (Phi) is 3.92. The molecule has 1 aliphatic rings. The summed E-state index contributed by atoms with van der Waals surface area (Å²) in [5.74, 6) is 1.20. The topological polar surface area (TPSA) is 38.0 Å². The minimum atomic E-state index is -0.214. The van der Waals surface area contributed by atoms with Gasteiger partial charge in [-0.15, -0.1) is 0 Å². The molecule has 0 aliphatic carbocycles. The van der Waals surface area contributed by atoms with Gasteiger partial charge in [-0.05, 0) is 38.5 Å². The van der Waals surface area contributed by atoms with Crippen molar-refractivity contribution in [3.05, 3.63) is 17.5 Å². The highest BCUT2D eigenvalue weighted by Gasteiger charge is 2.24. The van der Waals surface area contributed by atoms with Crippen LogP contribution >= 0.6 is 11.8 Å². The van der Waals surface area contributed by atoms with Gasteiger partial charge in [0.25, 0.3) is 0 Å². The molecule has 3 nitrogen and oxygen atoms in total. The maximum absolute atomic E-state index is 10.2. The molecule has 16 heavy (non-hydrogen) atoms. The largest absolute Gasteiger partial charge is 0.392 e. The smallest absolute Gasteiger partial charge is 0.0713 e. The van der Waals surface area contributed by atoms with Gasteiger partial charge in [0.15, 0.2) is 0 Å². The van der Waals surface area contributed by atoms with Gasteiger partial charge in [0.05, 0.1) is 11.8 Å². The van der Waals surface area contributed by atoms with E-state index in [1.54, 1.807) is 0 Å². The molecule has 0 bridgehead atoms. The summed E-state index contributed by atoms with van der Waals surface area (Å²) in [6.45, 7) is 4.98. The zero-order valence-corrected chi connectivity index (χ0v) is 10.8. The number of nitrogens with zero attached hydrogens (tertiary/aromatic N) is 2. The quantitative estimate of drug-likeness (QED) is 0.875. The molecule has 1 aromatic heterocycles. The SMILES string of the molecule is CCn1nc(C)cc1CC(O)C1CCCS1. The number of aryl methyl sites for hydroxylation is 2. The molecule has 2 atom stereocenters. The summed E-state index contributed by atoms with van der Waals surface area (Å²) in [5, 5.41) is 15.0. The van der Waals surface area contributed by atoms with Crippen LogP contribution in [0.2, 0.25) is 0 Å². The standard InChI is InChI=1S/C12H20N2OS/c1-3-14-10(7-9(2)13-14)8-11(15)12-5-4-6-16-12/h7,11-12,15H,3-6,8H2,1-2H3. The fraction of sp³-hybridized carbons (Fsp3) is 0.750. The lowest BCUT2D eigenvalue weighted by Gasteiger charge is -2.17. The van der Waals surface area contributed by atoms with Crippen LogP contribution in [-0.2, 0) is 13.0 Å². The first kappa shape index (κ1) is 12.0.